The number of halogens is 2. The Bertz CT molecular complexity index is 963. The van der Waals surface area contributed by atoms with Crippen LogP contribution in [0.25, 0.3) is 0 Å². The van der Waals surface area contributed by atoms with E-state index in [1.807, 2.05) is 17.0 Å². The maximum atomic E-state index is 13.5. The highest BCUT2D eigenvalue weighted by Gasteiger charge is 2.33. The number of amides is 3. The lowest BCUT2D eigenvalue weighted by Gasteiger charge is -2.36. The van der Waals surface area contributed by atoms with Crippen molar-refractivity contribution in [1.29, 1.82) is 0 Å². The molecule has 4 rings (SSSR count). The lowest BCUT2D eigenvalue weighted by molar-refractivity contribution is -0.131. The average Bonchev–Trinajstić information content (AvgIpc) is 3.11. The van der Waals surface area contributed by atoms with Gasteiger partial charge in [-0.25, -0.2) is 13.6 Å². The van der Waals surface area contributed by atoms with Gasteiger partial charge in [-0.05, 0) is 24.3 Å². The van der Waals surface area contributed by atoms with Crippen LogP contribution in [-0.2, 0) is 4.79 Å². The molecule has 0 aromatic heterocycles. The number of hydrogen-bond acceptors (Lipinski definition) is 4. The third-order valence-corrected chi connectivity index (χ3v) is 5.49. The van der Waals surface area contributed by atoms with E-state index in [1.54, 1.807) is 17.0 Å². The number of carbonyl (C=O) groups is 2. The minimum Gasteiger partial charge on any atom is -0.506 e. The Morgan fingerprint density at radius 3 is 2.37 bits per heavy atom. The Kier molecular flexibility index (Phi) is 5.43. The molecule has 9 heteroatoms. The molecule has 0 unspecified atom stereocenters. The standard InChI is InChI=1S/C21H22F2N4O3/c22-16-6-5-15(13-17(16)23)27-12-11-26(21(27)30)14-20(29)25-9-7-24(8-10-25)18-3-1-2-4-19(18)28/h1-6,13,28H,7-12,14H2. The van der Waals surface area contributed by atoms with Crippen LogP contribution in [0.5, 0.6) is 5.75 Å². The summed E-state index contributed by atoms with van der Waals surface area (Å²) in [6, 6.07) is 9.99. The molecule has 2 aromatic rings. The zero-order valence-electron chi connectivity index (χ0n) is 16.3. The summed E-state index contributed by atoms with van der Waals surface area (Å²) in [5, 5.41) is 9.99. The van der Waals surface area contributed by atoms with Crippen LogP contribution in [0.2, 0.25) is 0 Å². The number of rotatable bonds is 4. The molecular formula is C21H22F2N4O3. The maximum absolute atomic E-state index is 13.5. The fourth-order valence-electron chi connectivity index (χ4n) is 3.81. The first-order valence-electron chi connectivity index (χ1n) is 9.76. The van der Waals surface area contributed by atoms with Crippen molar-refractivity contribution in [2.75, 3.05) is 55.6 Å². The van der Waals surface area contributed by atoms with Crippen LogP contribution < -0.4 is 9.80 Å². The predicted octanol–water partition coefficient (Wildman–Crippen LogP) is 2.26. The highest BCUT2D eigenvalue weighted by Crippen LogP contribution is 2.27. The maximum Gasteiger partial charge on any atom is 0.325 e. The van der Waals surface area contributed by atoms with Crippen LogP contribution >= 0.6 is 0 Å². The molecule has 3 amide bonds. The summed E-state index contributed by atoms with van der Waals surface area (Å²) < 4.78 is 26.6. The van der Waals surface area contributed by atoms with Crippen molar-refractivity contribution in [3.8, 4) is 5.75 Å². The normalized spacial score (nSPS) is 17.1. The number of anilines is 2. The van der Waals surface area contributed by atoms with Crippen molar-refractivity contribution in [3.63, 3.8) is 0 Å². The van der Waals surface area contributed by atoms with Gasteiger partial charge in [0.15, 0.2) is 11.6 Å². The van der Waals surface area contributed by atoms with Crippen molar-refractivity contribution in [1.82, 2.24) is 9.80 Å². The molecule has 2 aliphatic rings. The van der Waals surface area contributed by atoms with Crippen LogP contribution in [0.3, 0.4) is 0 Å². The highest BCUT2D eigenvalue weighted by molar-refractivity contribution is 5.96. The first-order chi connectivity index (χ1) is 14.4. The van der Waals surface area contributed by atoms with Crippen LogP contribution in [0.15, 0.2) is 42.5 Å². The zero-order valence-corrected chi connectivity index (χ0v) is 16.3. The molecule has 2 saturated heterocycles. The number of para-hydroxylation sites is 2. The molecule has 30 heavy (non-hydrogen) atoms. The lowest BCUT2D eigenvalue weighted by Crippen LogP contribution is -2.51. The number of phenols is 1. The minimum absolute atomic E-state index is 0.0599. The summed E-state index contributed by atoms with van der Waals surface area (Å²) >= 11 is 0. The number of urea groups is 1. The van der Waals surface area contributed by atoms with Gasteiger partial charge >= 0.3 is 6.03 Å². The average molecular weight is 416 g/mol. The minimum atomic E-state index is -1.02. The van der Waals surface area contributed by atoms with E-state index < -0.39 is 17.7 Å². The Balaban J connectivity index is 1.33. The summed E-state index contributed by atoms with van der Waals surface area (Å²) in [5.41, 5.74) is 1.01. The summed E-state index contributed by atoms with van der Waals surface area (Å²) in [5.74, 6) is -1.94. The van der Waals surface area contributed by atoms with Gasteiger partial charge in [-0.1, -0.05) is 12.1 Å². The van der Waals surface area contributed by atoms with Gasteiger partial charge in [0.1, 0.15) is 12.3 Å². The van der Waals surface area contributed by atoms with E-state index in [4.69, 9.17) is 0 Å². The van der Waals surface area contributed by atoms with Crippen LogP contribution in [0.1, 0.15) is 0 Å². The molecule has 2 fully saturated rings. The highest BCUT2D eigenvalue weighted by atomic mass is 19.2. The summed E-state index contributed by atoms with van der Waals surface area (Å²) in [4.78, 5) is 31.8. The fraction of sp³-hybridized carbons (Fsp3) is 0.333. The first-order valence-corrected chi connectivity index (χ1v) is 9.76. The Morgan fingerprint density at radius 2 is 1.67 bits per heavy atom. The number of piperazine rings is 1. The monoisotopic (exact) mass is 416 g/mol. The number of hydrogen-bond donors (Lipinski definition) is 1. The summed E-state index contributed by atoms with van der Waals surface area (Å²) in [7, 11) is 0. The van der Waals surface area contributed by atoms with Gasteiger partial charge in [0, 0.05) is 51.0 Å². The SMILES string of the molecule is O=C(CN1CCN(c2ccc(F)c(F)c2)C1=O)N1CCN(c2ccccc2O)CC1. The Labute approximate surface area is 172 Å². The molecule has 0 aliphatic carbocycles. The van der Waals surface area contributed by atoms with Crippen LogP contribution in [0, 0.1) is 11.6 Å². The number of phenolic OH excluding ortho intramolecular Hbond substituents is 1. The van der Waals surface area contributed by atoms with E-state index in [9.17, 15) is 23.5 Å². The summed E-state index contributed by atoms with van der Waals surface area (Å²) in [6.07, 6.45) is 0. The van der Waals surface area contributed by atoms with E-state index >= 15 is 0 Å². The Morgan fingerprint density at radius 1 is 0.933 bits per heavy atom. The summed E-state index contributed by atoms with van der Waals surface area (Å²) in [6.45, 7) is 2.72. The first kappa shape index (κ1) is 19.9. The second kappa shape index (κ2) is 8.17. The molecule has 2 aliphatic heterocycles. The largest absolute Gasteiger partial charge is 0.506 e. The quantitative estimate of drug-likeness (QED) is 0.831. The van der Waals surface area contributed by atoms with Gasteiger partial charge in [0.2, 0.25) is 5.91 Å². The fourth-order valence-corrected chi connectivity index (χ4v) is 3.81. The molecule has 0 bridgehead atoms. The number of nitrogens with zero attached hydrogens (tertiary/aromatic N) is 4. The third-order valence-electron chi connectivity index (χ3n) is 5.49. The molecule has 0 spiro atoms. The van der Waals surface area contributed by atoms with Crippen molar-refractivity contribution >= 4 is 23.3 Å². The molecule has 1 N–H and O–H groups in total. The van der Waals surface area contributed by atoms with E-state index in [0.717, 1.165) is 17.8 Å². The molecule has 2 heterocycles. The van der Waals surface area contributed by atoms with E-state index in [1.165, 1.54) is 15.9 Å². The van der Waals surface area contributed by atoms with Gasteiger partial charge in [-0.3, -0.25) is 9.69 Å². The lowest BCUT2D eigenvalue weighted by atomic mass is 10.2. The van der Waals surface area contributed by atoms with Gasteiger partial charge in [0.25, 0.3) is 0 Å². The molecule has 7 nitrogen and oxygen atoms in total. The van der Waals surface area contributed by atoms with E-state index in [2.05, 4.69) is 0 Å². The van der Waals surface area contributed by atoms with E-state index in [0.29, 0.717) is 39.3 Å². The Hall–Kier alpha value is -3.36. The van der Waals surface area contributed by atoms with Crippen LogP contribution in [0.4, 0.5) is 25.0 Å². The second-order valence-electron chi connectivity index (χ2n) is 7.31. The molecule has 0 atom stereocenters. The molecule has 0 radical (unpaired) electrons. The number of carbonyl (C=O) groups excluding carboxylic acids is 2. The van der Waals surface area contributed by atoms with Crippen molar-refractivity contribution in [2.24, 2.45) is 0 Å². The smallest absolute Gasteiger partial charge is 0.325 e. The molecule has 2 aromatic carbocycles. The predicted molar refractivity (Wildman–Crippen MR) is 108 cm³/mol. The molecule has 0 saturated carbocycles. The van der Waals surface area contributed by atoms with Crippen molar-refractivity contribution in [3.05, 3.63) is 54.1 Å². The van der Waals surface area contributed by atoms with E-state index in [-0.39, 0.29) is 23.9 Å². The van der Waals surface area contributed by atoms with Crippen molar-refractivity contribution < 1.29 is 23.5 Å². The van der Waals surface area contributed by atoms with Crippen LogP contribution in [-0.4, -0.2) is 72.7 Å². The van der Waals surface area contributed by atoms with Gasteiger partial charge in [0.05, 0.1) is 5.69 Å². The molecular weight excluding hydrogens is 394 g/mol. The zero-order chi connectivity index (χ0) is 21.3. The van der Waals surface area contributed by atoms with Gasteiger partial charge in [-0.2, -0.15) is 0 Å². The number of benzene rings is 2. The second-order valence-corrected chi connectivity index (χ2v) is 7.31. The van der Waals surface area contributed by atoms with Gasteiger partial charge < -0.3 is 19.8 Å². The topological polar surface area (TPSA) is 67.3 Å². The number of aromatic hydroxyl groups is 1. The third kappa shape index (κ3) is 3.87. The molecule has 158 valence electrons. The van der Waals surface area contributed by atoms with Crippen molar-refractivity contribution in [2.45, 2.75) is 0 Å². The van der Waals surface area contributed by atoms with Gasteiger partial charge in [-0.15, -0.1) is 0 Å².